The topological polar surface area (TPSA) is 46.3 Å². The first-order valence-electron chi connectivity index (χ1n) is 8.17. The molecule has 1 heterocycles. The lowest BCUT2D eigenvalue weighted by Gasteiger charge is -2.26. The van der Waals surface area contributed by atoms with E-state index in [4.69, 9.17) is 5.14 Å². The van der Waals surface area contributed by atoms with Gasteiger partial charge in [0.05, 0.1) is 0 Å². The SMILES string of the molecule is CC1Cc2ccc(SN)cc2N1C(=O)[C@@H]1Cc2ccc(Br)cc2C1. The summed E-state index contributed by atoms with van der Waals surface area (Å²) in [5.74, 6) is 0.282. The minimum atomic E-state index is 0.0388. The fourth-order valence-electron chi connectivity index (χ4n) is 3.95. The molecular formula is C19H19BrN2OS. The van der Waals surface area contributed by atoms with Crippen molar-refractivity contribution in [1.29, 1.82) is 0 Å². The summed E-state index contributed by atoms with van der Waals surface area (Å²) in [6.07, 6.45) is 2.59. The molecule has 1 unspecified atom stereocenters. The summed E-state index contributed by atoms with van der Waals surface area (Å²) in [4.78, 5) is 16.2. The Bertz CT molecular complexity index is 823. The third-order valence-corrected chi connectivity index (χ3v) is 6.12. The predicted molar refractivity (Wildman–Crippen MR) is 102 cm³/mol. The summed E-state index contributed by atoms with van der Waals surface area (Å²) in [6, 6.07) is 12.7. The minimum absolute atomic E-state index is 0.0388. The van der Waals surface area contributed by atoms with Crippen molar-refractivity contribution < 1.29 is 4.79 Å². The van der Waals surface area contributed by atoms with Crippen molar-refractivity contribution in [3.8, 4) is 0 Å². The molecule has 3 nitrogen and oxygen atoms in total. The number of rotatable bonds is 2. The van der Waals surface area contributed by atoms with Gasteiger partial charge in [-0.1, -0.05) is 28.1 Å². The lowest BCUT2D eigenvalue weighted by atomic mass is 10.0. The Kier molecular flexibility index (Phi) is 4.19. The van der Waals surface area contributed by atoms with E-state index in [-0.39, 0.29) is 17.9 Å². The van der Waals surface area contributed by atoms with Crippen LogP contribution in [0.2, 0.25) is 0 Å². The van der Waals surface area contributed by atoms with E-state index in [9.17, 15) is 4.79 Å². The maximum atomic E-state index is 13.2. The Morgan fingerprint density at radius 1 is 1.12 bits per heavy atom. The zero-order valence-corrected chi connectivity index (χ0v) is 15.9. The molecule has 2 aliphatic rings. The second-order valence-corrected chi connectivity index (χ2v) is 8.31. The zero-order valence-electron chi connectivity index (χ0n) is 13.5. The Hall–Kier alpha value is -1.30. The highest BCUT2D eigenvalue weighted by Gasteiger charge is 2.37. The van der Waals surface area contributed by atoms with Crippen molar-refractivity contribution in [2.24, 2.45) is 11.1 Å². The van der Waals surface area contributed by atoms with Gasteiger partial charge in [0, 0.05) is 27.0 Å². The van der Waals surface area contributed by atoms with Crippen LogP contribution in [-0.4, -0.2) is 11.9 Å². The first-order valence-corrected chi connectivity index (χ1v) is 9.84. The van der Waals surface area contributed by atoms with Gasteiger partial charge in [0.2, 0.25) is 5.91 Å². The fourth-order valence-corrected chi connectivity index (χ4v) is 4.69. The number of hydrogen-bond donors (Lipinski definition) is 1. The quantitative estimate of drug-likeness (QED) is 0.768. The van der Waals surface area contributed by atoms with Crippen LogP contribution in [0, 0.1) is 5.92 Å². The summed E-state index contributed by atoms with van der Waals surface area (Å²) in [5.41, 5.74) is 4.88. The van der Waals surface area contributed by atoms with Gasteiger partial charge in [0.15, 0.2) is 0 Å². The van der Waals surface area contributed by atoms with E-state index in [1.807, 2.05) is 11.0 Å². The second-order valence-electron chi connectivity index (χ2n) is 6.69. The highest BCUT2D eigenvalue weighted by Crippen LogP contribution is 2.38. The normalized spacial score (nSPS) is 21.7. The van der Waals surface area contributed by atoms with Gasteiger partial charge in [-0.15, -0.1) is 0 Å². The summed E-state index contributed by atoms with van der Waals surface area (Å²) >= 11 is 4.76. The molecule has 1 amide bonds. The number of carbonyl (C=O) groups is 1. The molecule has 0 spiro atoms. The molecule has 0 saturated carbocycles. The number of anilines is 1. The van der Waals surface area contributed by atoms with Crippen LogP contribution in [0.15, 0.2) is 45.8 Å². The molecule has 2 aromatic rings. The van der Waals surface area contributed by atoms with Gasteiger partial charge in [-0.05, 0) is 79.1 Å². The van der Waals surface area contributed by atoms with Gasteiger partial charge < -0.3 is 4.90 Å². The third-order valence-electron chi connectivity index (χ3n) is 5.10. The standard InChI is InChI=1S/C19H19BrN2OS/c1-11-6-13-3-5-17(24-21)10-18(13)22(11)19(23)15-7-12-2-4-16(20)9-14(12)8-15/h2-5,9-11,15H,6-8,21H2,1H3/t11?,15-/m1/s1. The number of nitrogens with zero attached hydrogens (tertiary/aromatic N) is 1. The van der Waals surface area contributed by atoms with E-state index in [1.165, 1.54) is 28.6 Å². The van der Waals surface area contributed by atoms with E-state index in [1.54, 1.807) is 0 Å². The van der Waals surface area contributed by atoms with Crippen molar-refractivity contribution in [3.63, 3.8) is 0 Å². The van der Waals surface area contributed by atoms with Crippen molar-refractivity contribution in [2.45, 2.75) is 37.1 Å². The van der Waals surface area contributed by atoms with Crippen LogP contribution in [0.25, 0.3) is 0 Å². The third kappa shape index (κ3) is 2.68. The summed E-state index contributed by atoms with van der Waals surface area (Å²) < 4.78 is 1.08. The number of hydrogen-bond acceptors (Lipinski definition) is 3. The maximum absolute atomic E-state index is 13.2. The molecule has 1 aliphatic heterocycles. The van der Waals surface area contributed by atoms with Gasteiger partial charge in [-0.2, -0.15) is 0 Å². The molecule has 124 valence electrons. The lowest BCUT2D eigenvalue weighted by Crippen LogP contribution is -2.40. The average Bonchev–Trinajstić information content (AvgIpc) is 3.13. The van der Waals surface area contributed by atoms with Crippen molar-refractivity contribution in [2.75, 3.05) is 4.90 Å². The van der Waals surface area contributed by atoms with Crippen LogP contribution >= 0.6 is 27.9 Å². The Balaban J connectivity index is 1.62. The molecule has 0 saturated heterocycles. The van der Waals surface area contributed by atoms with E-state index in [2.05, 4.69) is 53.2 Å². The minimum Gasteiger partial charge on any atom is -0.309 e. The van der Waals surface area contributed by atoms with Gasteiger partial charge in [-0.3, -0.25) is 9.93 Å². The molecule has 2 N–H and O–H groups in total. The Labute approximate surface area is 154 Å². The molecule has 2 atom stereocenters. The van der Waals surface area contributed by atoms with Crippen molar-refractivity contribution >= 4 is 39.5 Å². The summed E-state index contributed by atoms with van der Waals surface area (Å²) in [5, 5.41) is 5.70. The molecule has 0 radical (unpaired) electrons. The van der Waals surface area contributed by atoms with E-state index < -0.39 is 0 Å². The maximum Gasteiger partial charge on any atom is 0.231 e. The number of amides is 1. The van der Waals surface area contributed by atoms with Crippen LogP contribution in [0.5, 0.6) is 0 Å². The van der Waals surface area contributed by atoms with E-state index in [0.717, 1.165) is 34.3 Å². The average molecular weight is 403 g/mol. The van der Waals surface area contributed by atoms with Crippen LogP contribution in [-0.2, 0) is 24.1 Å². The molecule has 2 aromatic carbocycles. The molecular weight excluding hydrogens is 384 g/mol. The van der Waals surface area contributed by atoms with Gasteiger partial charge in [-0.25, -0.2) is 0 Å². The molecule has 0 aromatic heterocycles. The van der Waals surface area contributed by atoms with Crippen LogP contribution in [0.3, 0.4) is 0 Å². The molecule has 1 aliphatic carbocycles. The second kappa shape index (κ2) is 6.21. The zero-order chi connectivity index (χ0) is 16.8. The number of nitrogens with two attached hydrogens (primary N) is 1. The highest BCUT2D eigenvalue weighted by molar-refractivity contribution is 9.10. The highest BCUT2D eigenvalue weighted by atomic mass is 79.9. The molecule has 24 heavy (non-hydrogen) atoms. The number of halogens is 1. The van der Waals surface area contributed by atoms with Gasteiger partial charge in [0.25, 0.3) is 0 Å². The Morgan fingerprint density at radius 3 is 2.67 bits per heavy atom. The fraction of sp³-hybridized carbons (Fsp3) is 0.316. The lowest BCUT2D eigenvalue weighted by molar-refractivity contribution is -0.122. The number of benzene rings is 2. The number of carbonyl (C=O) groups excluding carboxylic acids is 1. The molecule has 0 bridgehead atoms. The summed E-state index contributed by atoms with van der Waals surface area (Å²) in [7, 11) is 0. The molecule has 0 fully saturated rings. The monoisotopic (exact) mass is 402 g/mol. The first kappa shape index (κ1) is 16.2. The predicted octanol–water partition coefficient (Wildman–Crippen LogP) is 4.11. The van der Waals surface area contributed by atoms with E-state index >= 15 is 0 Å². The molecule has 5 heteroatoms. The van der Waals surface area contributed by atoms with Crippen LogP contribution in [0.4, 0.5) is 5.69 Å². The van der Waals surface area contributed by atoms with Crippen molar-refractivity contribution in [3.05, 3.63) is 57.6 Å². The summed E-state index contributed by atoms with van der Waals surface area (Å²) in [6.45, 7) is 2.13. The smallest absolute Gasteiger partial charge is 0.231 e. The largest absolute Gasteiger partial charge is 0.309 e. The number of fused-ring (bicyclic) bond motifs is 2. The Morgan fingerprint density at radius 2 is 1.88 bits per heavy atom. The van der Waals surface area contributed by atoms with Gasteiger partial charge in [0.1, 0.15) is 0 Å². The van der Waals surface area contributed by atoms with Crippen molar-refractivity contribution in [1.82, 2.24) is 0 Å². The molecule has 4 rings (SSSR count). The van der Waals surface area contributed by atoms with Crippen LogP contribution < -0.4 is 10.0 Å². The van der Waals surface area contributed by atoms with E-state index in [0.29, 0.717) is 0 Å². The van der Waals surface area contributed by atoms with Crippen LogP contribution in [0.1, 0.15) is 23.6 Å². The van der Waals surface area contributed by atoms with Gasteiger partial charge >= 0.3 is 0 Å². The first-order chi connectivity index (χ1) is 11.6.